The molecule has 0 amide bonds. The van der Waals surface area contributed by atoms with E-state index in [1.807, 2.05) is 31.2 Å². The summed E-state index contributed by atoms with van der Waals surface area (Å²) in [7, 11) is 0. The Morgan fingerprint density at radius 2 is 1.79 bits per heavy atom. The fourth-order valence-electron chi connectivity index (χ4n) is 1.19. The van der Waals surface area contributed by atoms with Gasteiger partial charge in [0, 0.05) is 18.0 Å². The molecule has 2 aromatic heterocycles. The molecule has 14 heavy (non-hydrogen) atoms. The van der Waals surface area contributed by atoms with Crippen molar-refractivity contribution in [3.63, 3.8) is 0 Å². The number of hydrogen-bond donors (Lipinski definition) is 0. The SMILES string of the molecule is Cc1ccc(-c2ccncc2)nc1Br. The Labute approximate surface area is 91.2 Å². The molecule has 0 aromatic carbocycles. The van der Waals surface area contributed by atoms with E-state index in [9.17, 15) is 0 Å². The van der Waals surface area contributed by atoms with Crippen LogP contribution in [0.3, 0.4) is 0 Å². The molecule has 0 spiro atoms. The number of nitrogens with zero attached hydrogens (tertiary/aromatic N) is 2. The molecule has 0 atom stereocenters. The van der Waals surface area contributed by atoms with Crippen molar-refractivity contribution in [1.29, 1.82) is 0 Å². The zero-order chi connectivity index (χ0) is 9.97. The van der Waals surface area contributed by atoms with Crippen molar-refractivity contribution in [3.05, 3.63) is 46.8 Å². The van der Waals surface area contributed by atoms with E-state index in [-0.39, 0.29) is 0 Å². The number of hydrogen-bond acceptors (Lipinski definition) is 2. The maximum atomic E-state index is 4.43. The van der Waals surface area contributed by atoms with Crippen LogP contribution in [0.25, 0.3) is 11.3 Å². The minimum atomic E-state index is 0.895. The number of rotatable bonds is 1. The number of aromatic nitrogens is 2. The van der Waals surface area contributed by atoms with Crippen molar-refractivity contribution in [2.45, 2.75) is 6.92 Å². The highest BCUT2D eigenvalue weighted by Crippen LogP contribution is 2.20. The monoisotopic (exact) mass is 248 g/mol. The predicted molar refractivity (Wildman–Crippen MR) is 59.9 cm³/mol. The Balaban J connectivity index is 2.48. The summed E-state index contributed by atoms with van der Waals surface area (Å²) in [6, 6.07) is 7.95. The average molecular weight is 249 g/mol. The van der Waals surface area contributed by atoms with Crippen molar-refractivity contribution >= 4 is 15.9 Å². The van der Waals surface area contributed by atoms with Crippen LogP contribution < -0.4 is 0 Å². The summed E-state index contributed by atoms with van der Waals surface area (Å²) >= 11 is 3.42. The molecule has 0 N–H and O–H groups in total. The third kappa shape index (κ3) is 1.82. The minimum absolute atomic E-state index is 0.895. The lowest BCUT2D eigenvalue weighted by atomic mass is 10.1. The number of pyridine rings is 2. The predicted octanol–water partition coefficient (Wildman–Crippen LogP) is 3.21. The molecule has 0 aliphatic rings. The van der Waals surface area contributed by atoms with E-state index in [2.05, 4.69) is 25.9 Å². The average Bonchev–Trinajstić information content (AvgIpc) is 2.23. The zero-order valence-electron chi connectivity index (χ0n) is 7.74. The van der Waals surface area contributed by atoms with Crippen LogP contribution in [0.5, 0.6) is 0 Å². The molecule has 2 rings (SSSR count). The summed E-state index contributed by atoms with van der Waals surface area (Å²) < 4.78 is 0.895. The summed E-state index contributed by atoms with van der Waals surface area (Å²) in [5, 5.41) is 0. The maximum absolute atomic E-state index is 4.43. The number of aryl methyl sites for hydroxylation is 1. The highest BCUT2D eigenvalue weighted by molar-refractivity contribution is 9.10. The normalized spacial score (nSPS) is 10.1. The zero-order valence-corrected chi connectivity index (χ0v) is 9.32. The highest BCUT2D eigenvalue weighted by atomic mass is 79.9. The van der Waals surface area contributed by atoms with Gasteiger partial charge in [-0.25, -0.2) is 4.98 Å². The van der Waals surface area contributed by atoms with Crippen molar-refractivity contribution in [2.75, 3.05) is 0 Å². The van der Waals surface area contributed by atoms with Gasteiger partial charge in [0.2, 0.25) is 0 Å². The van der Waals surface area contributed by atoms with Crippen LogP contribution in [0.4, 0.5) is 0 Å². The van der Waals surface area contributed by atoms with Gasteiger partial charge in [0.25, 0.3) is 0 Å². The lowest BCUT2D eigenvalue weighted by molar-refractivity contribution is 1.21. The van der Waals surface area contributed by atoms with Crippen LogP contribution >= 0.6 is 15.9 Å². The van der Waals surface area contributed by atoms with E-state index in [4.69, 9.17) is 0 Å². The van der Waals surface area contributed by atoms with E-state index in [0.717, 1.165) is 21.4 Å². The lowest BCUT2D eigenvalue weighted by Gasteiger charge is -2.02. The summed E-state index contributed by atoms with van der Waals surface area (Å²) in [6.45, 7) is 2.02. The van der Waals surface area contributed by atoms with Crippen LogP contribution in [0.2, 0.25) is 0 Å². The van der Waals surface area contributed by atoms with E-state index in [0.29, 0.717) is 0 Å². The van der Waals surface area contributed by atoms with E-state index in [1.54, 1.807) is 12.4 Å². The molecule has 2 aromatic rings. The largest absolute Gasteiger partial charge is 0.265 e. The van der Waals surface area contributed by atoms with Crippen LogP contribution in [-0.4, -0.2) is 9.97 Å². The smallest absolute Gasteiger partial charge is 0.109 e. The maximum Gasteiger partial charge on any atom is 0.109 e. The second kappa shape index (κ2) is 3.88. The minimum Gasteiger partial charge on any atom is -0.265 e. The topological polar surface area (TPSA) is 25.8 Å². The Hall–Kier alpha value is -1.22. The fourth-order valence-corrected chi connectivity index (χ4v) is 1.51. The van der Waals surface area contributed by atoms with E-state index >= 15 is 0 Å². The van der Waals surface area contributed by atoms with Gasteiger partial charge in [-0.2, -0.15) is 0 Å². The van der Waals surface area contributed by atoms with Gasteiger partial charge in [0.15, 0.2) is 0 Å². The van der Waals surface area contributed by atoms with Crippen molar-refractivity contribution in [2.24, 2.45) is 0 Å². The van der Waals surface area contributed by atoms with Crippen molar-refractivity contribution in [3.8, 4) is 11.3 Å². The molecule has 0 aliphatic heterocycles. The first-order chi connectivity index (χ1) is 6.77. The lowest BCUT2D eigenvalue weighted by Crippen LogP contribution is -1.86. The molecule has 0 bridgehead atoms. The van der Waals surface area contributed by atoms with E-state index in [1.165, 1.54) is 0 Å². The quantitative estimate of drug-likeness (QED) is 0.725. The first kappa shape index (κ1) is 9.34. The van der Waals surface area contributed by atoms with Gasteiger partial charge in [0.05, 0.1) is 5.69 Å². The molecule has 0 aliphatic carbocycles. The second-order valence-electron chi connectivity index (χ2n) is 3.04. The molecule has 2 nitrogen and oxygen atoms in total. The van der Waals surface area contributed by atoms with Gasteiger partial charge >= 0.3 is 0 Å². The van der Waals surface area contributed by atoms with Crippen LogP contribution in [0, 0.1) is 6.92 Å². The molecule has 70 valence electrons. The molecular formula is C11H9BrN2. The fraction of sp³-hybridized carbons (Fsp3) is 0.0909. The third-order valence-electron chi connectivity index (χ3n) is 2.01. The van der Waals surface area contributed by atoms with Gasteiger partial charge in [-0.3, -0.25) is 4.98 Å². The summed E-state index contributed by atoms with van der Waals surface area (Å²) in [4.78, 5) is 8.40. The van der Waals surface area contributed by atoms with Gasteiger partial charge in [-0.15, -0.1) is 0 Å². The van der Waals surface area contributed by atoms with Crippen LogP contribution in [0.15, 0.2) is 41.3 Å². The molecule has 3 heteroatoms. The standard InChI is InChI=1S/C11H9BrN2/c1-8-2-3-10(14-11(8)12)9-4-6-13-7-5-9/h2-7H,1H3. The highest BCUT2D eigenvalue weighted by Gasteiger charge is 2.00. The first-order valence-electron chi connectivity index (χ1n) is 4.31. The second-order valence-corrected chi connectivity index (χ2v) is 3.79. The van der Waals surface area contributed by atoms with Gasteiger partial charge < -0.3 is 0 Å². The van der Waals surface area contributed by atoms with Crippen molar-refractivity contribution in [1.82, 2.24) is 9.97 Å². The third-order valence-corrected chi connectivity index (χ3v) is 2.81. The van der Waals surface area contributed by atoms with Crippen molar-refractivity contribution < 1.29 is 0 Å². The van der Waals surface area contributed by atoms with Gasteiger partial charge in [-0.05, 0) is 46.6 Å². The summed E-state index contributed by atoms with van der Waals surface area (Å²) in [5.41, 5.74) is 3.19. The Morgan fingerprint density at radius 1 is 1.07 bits per heavy atom. The Morgan fingerprint density at radius 3 is 2.43 bits per heavy atom. The Kier molecular flexibility index (Phi) is 2.59. The van der Waals surface area contributed by atoms with Crippen LogP contribution in [0.1, 0.15) is 5.56 Å². The Bertz CT molecular complexity index is 440. The molecule has 0 saturated heterocycles. The summed E-state index contributed by atoms with van der Waals surface area (Å²) in [6.07, 6.45) is 3.54. The van der Waals surface area contributed by atoms with Gasteiger partial charge in [-0.1, -0.05) is 6.07 Å². The molecule has 0 saturated carbocycles. The van der Waals surface area contributed by atoms with E-state index < -0.39 is 0 Å². The first-order valence-corrected chi connectivity index (χ1v) is 5.10. The molecule has 0 radical (unpaired) electrons. The van der Waals surface area contributed by atoms with Crippen LogP contribution in [-0.2, 0) is 0 Å². The number of halogens is 1. The van der Waals surface area contributed by atoms with Gasteiger partial charge in [0.1, 0.15) is 4.60 Å². The molecule has 2 heterocycles. The molecule has 0 fully saturated rings. The molecule has 0 unspecified atom stereocenters. The summed E-state index contributed by atoms with van der Waals surface area (Å²) in [5.74, 6) is 0. The molecular weight excluding hydrogens is 240 g/mol.